The summed E-state index contributed by atoms with van der Waals surface area (Å²) in [7, 11) is 0. The van der Waals surface area contributed by atoms with Crippen molar-refractivity contribution in [1.29, 1.82) is 0 Å². The molecule has 1 aromatic rings. The smallest absolute Gasteiger partial charge is 0.369 e. The molecule has 0 aliphatic heterocycles. The fourth-order valence-corrected chi connectivity index (χ4v) is 2.71. The Kier molecular flexibility index (Phi) is 4.23. The molecule has 106 valence electrons. The monoisotopic (exact) mass is 292 g/mol. The van der Waals surface area contributed by atoms with E-state index in [-0.39, 0.29) is 5.02 Å². The molecule has 2 rings (SSSR count). The van der Waals surface area contributed by atoms with Gasteiger partial charge in [0.1, 0.15) is 5.82 Å². The summed E-state index contributed by atoms with van der Waals surface area (Å²) in [5, 5.41) is 3.07. The lowest BCUT2D eigenvalue weighted by molar-refractivity contribution is -0.137. The van der Waals surface area contributed by atoms with Crippen LogP contribution in [0.1, 0.15) is 31.7 Å². The van der Waals surface area contributed by atoms with Gasteiger partial charge in [0, 0.05) is 12.7 Å². The molecule has 6 heteroatoms. The number of nitrogens with one attached hydrogen (secondary N) is 1. The van der Waals surface area contributed by atoms with Gasteiger partial charge in [0.2, 0.25) is 0 Å². The van der Waals surface area contributed by atoms with E-state index < -0.39 is 11.7 Å². The maximum Gasteiger partial charge on any atom is 0.417 e. The lowest BCUT2D eigenvalue weighted by Gasteiger charge is -2.17. The van der Waals surface area contributed by atoms with E-state index in [1.165, 1.54) is 12.8 Å². The fraction of sp³-hybridized carbons (Fsp3) is 0.615. The Morgan fingerprint density at radius 3 is 2.68 bits per heavy atom. The second-order valence-corrected chi connectivity index (χ2v) is 5.51. The zero-order chi connectivity index (χ0) is 14.0. The lowest BCUT2D eigenvalue weighted by atomic mass is 9.98. The summed E-state index contributed by atoms with van der Waals surface area (Å²) in [6, 6.07) is 0.912. The second kappa shape index (κ2) is 5.57. The highest BCUT2D eigenvalue weighted by atomic mass is 35.5. The Balaban J connectivity index is 2.01. The quantitative estimate of drug-likeness (QED) is 0.880. The minimum absolute atomic E-state index is 0.0143. The first-order valence-electron chi connectivity index (χ1n) is 6.34. The number of alkyl halides is 3. The summed E-state index contributed by atoms with van der Waals surface area (Å²) < 4.78 is 37.4. The summed E-state index contributed by atoms with van der Waals surface area (Å²) in [5.74, 6) is 1.51. The maximum atomic E-state index is 12.5. The Hall–Kier alpha value is -0.970. The molecule has 1 aromatic heterocycles. The number of halogens is 4. The molecule has 0 spiro atoms. The molecule has 0 saturated heterocycles. The van der Waals surface area contributed by atoms with Gasteiger partial charge in [-0.15, -0.1) is 0 Å². The van der Waals surface area contributed by atoms with E-state index in [0.717, 1.165) is 18.7 Å². The molecule has 2 nitrogen and oxygen atoms in total. The van der Waals surface area contributed by atoms with Crippen molar-refractivity contribution in [2.24, 2.45) is 11.8 Å². The van der Waals surface area contributed by atoms with Crippen LogP contribution in [0.2, 0.25) is 5.02 Å². The van der Waals surface area contributed by atoms with Crippen molar-refractivity contribution in [3.63, 3.8) is 0 Å². The van der Waals surface area contributed by atoms with Gasteiger partial charge in [0.25, 0.3) is 0 Å². The van der Waals surface area contributed by atoms with E-state index in [1.807, 2.05) is 0 Å². The molecule has 2 atom stereocenters. The predicted molar refractivity (Wildman–Crippen MR) is 69.2 cm³/mol. The molecular formula is C13H16ClF3N2. The van der Waals surface area contributed by atoms with Gasteiger partial charge in [-0.1, -0.05) is 31.4 Å². The standard InChI is InChI=1S/C13H16ClF3N2/c1-8-3-2-4-9(8)6-18-12-11(14)5-10(7-19-12)13(15,16)17/h5,7-9H,2-4,6H2,1H3,(H,18,19). The van der Waals surface area contributed by atoms with E-state index in [0.29, 0.717) is 24.2 Å². The van der Waals surface area contributed by atoms with Crippen LogP contribution in [-0.2, 0) is 6.18 Å². The molecular weight excluding hydrogens is 277 g/mol. The highest BCUT2D eigenvalue weighted by Gasteiger charge is 2.31. The third-order valence-corrected chi connectivity index (χ3v) is 4.03. The van der Waals surface area contributed by atoms with Crippen LogP contribution in [0.15, 0.2) is 12.3 Å². The Morgan fingerprint density at radius 2 is 2.16 bits per heavy atom. The van der Waals surface area contributed by atoms with E-state index in [4.69, 9.17) is 11.6 Å². The SMILES string of the molecule is CC1CCCC1CNc1ncc(C(F)(F)F)cc1Cl. The number of aromatic nitrogens is 1. The second-order valence-electron chi connectivity index (χ2n) is 5.10. The van der Waals surface area contributed by atoms with Crippen molar-refractivity contribution in [1.82, 2.24) is 4.98 Å². The summed E-state index contributed by atoms with van der Waals surface area (Å²) in [6.07, 6.45) is -0.0317. The third kappa shape index (κ3) is 3.53. The molecule has 1 N–H and O–H groups in total. The van der Waals surface area contributed by atoms with Crippen LogP contribution < -0.4 is 5.32 Å². The molecule has 1 saturated carbocycles. The van der Waals surface area contributed by atoms with Crippen LogP contribution >= 0.6 is 11.6 Å². The van der Waals surface area contributed by atoms with Gasteiger partial charge < -0.3 is 5.32 Å². The van der Waals surface area contributed by atoms with Gasteiger partial charge in [0.15, 0.2) is 0 Å². The van der Waals surface area contributed by atoms with Crippen molar-refractivity contribution >= 4 is 17.4 Å². The van der Waals surface area contributed by atoms with Crippen molar-refractivity contribution in [2.45, 2.75) is 32.4 Å². The van der Waals surface area contributed by atoms with Gasteiger partial charge in [-0.3, -0.25) is 0 Å². The molecule has 0 aromatic carbocycles. The highest BCUT2D eigenvalue weighted by molar-refractivity contribution is 6.32. The number of anilines is 1. The summed E-state index contributed by atoms with van der Waals surface area (Å²) in [4.78, 5) is 3.77. The third-order valence-electron chi connectivity index (χ3n) is 3.74. The summed E-state index contributed by atoms with van der Waals surface area (Å²) >= 11 is 5.83. The van der Waals surface area contributed by atoms with Crippen molar-refractivity contribution in [3.8, 4) is 0 Å². The molecule has 0 bridgehead atoms. The number of rotatable bonds is 3. The van der Waals surface area contributed by atoms with E-state index in [9.17, 15) is 13.2 Å². The van der Waals surface area contributed by atoms with Crippen LogP contribution in [0, 0.1) is 11.8 Å². The van der Waals surface area contributed by atoms with Crippen LogP contribution in [-0.4, -0.2) is 11.5 Å². The summed E-state index contributed by atoms with van der Waals surface area (Å²) in [6.45, 7) is 2.90. The minimum atomic E-state index is -4.41. The first kappa shape index (κ1) is 14.4. The molecule has 2 unspecified atom stereocenters. The topological polar surface area (TPSA) is 24.9 Å². The normalized spacial score (nSPS) is 23.6. The van der Waals surface area contributed by atoms with E-state index >= 15 is 0 Å². The van der Waals surface area contributed by atoms with Crippen LogP contribution in [0.3, 0.4) is 0 Å². The van der Waals surface area contributed by atoms with Gasteiger partial charge >= 0.3 is 6.18 Å². The fourth-order valence-electron chi connectivity index (χ4n) is 2.48. The predicted octanol–water partition coefficient (Wildman–Crippen LogP) is 4.60. The van der Waals surface area contributed by atoms with Gasteiger partial charge in [0.05, 0.1) is 10.6 Å². The average molecular weight is 293 g/mol. The zero-order valence-corrected chi connectivity index (χ0v) is 11.4. The number of hydrogen-bond acceptors (Lipinski definition) is 2. The van der Waals surface area contributed by atoms with Crippen LogP contribution in [0.25, 0.3) is 0 Å². The Labute approximate surface area is 115 Å². The van der Waals surface area contributed by atoms with Gasteiger partial charge in [-0.2, -0.15) is 13.2 Å². The summed E-state index contributed by atoms with van der Waals surface area (Å²) in [5.41, 5.74) is -0.822. The average Bonchev–Trinajstić information content (AvgIpc) is 2.72. The maximum absolute atomic E-state index is 12.5. The Morgan fingerprint density at radius 1 is 1.42 bits per heavy atom. The van der Waals surface area contributed by atoms with Gasteiger partial charge in [-0.05, 0) is 24.3 Å². The van der Waals surface area contributed by atoms with Crippen LogP contribution in [0.4, 0.5) is 19.0 Å². The zero-order valence-electron chi connectivity index (χ0n) is 10.6. The molecule has 19 heavy (non-hydrogen) atoms. The van der Waals surface area contributed by atoms with Crippen LogP contribution in [0.5, 0.6) is 0 Å². The largest absolute Gasteiger partial charge is 0.417 e. The molecule has 1 aliphatic carbocycles. The van der Waals surface area contributed by atoms with E-state index in [2.05, 4.69) is 17.2 Å². The first-order chi connectivity index (χ1) is 8.88. The highest BCUT2D eigenvalue weighted by Crippen LogP contribution is 2.34. The van der Waals surface area contributed by atoms with Crippen molar-refractivity contribution in [3.05, 3.63) is 22.8 Å². The Bertz CT molecular complexity index is 448. The van der Waals surface area contributed by atoms with E-state index in [1.54, 1.807) is 0 Å². The lowest BCUT2D eigenvalue weighted by Crippen LogP contribution is -2.17. The number of nitrogens with zero attached hydrogens (tertiary/aromatic N) is 1. The number of hydrogen-bond donors (Lipinski definition) is 1. The molecule has 1 aliphatic rings. The first-order valence-corrected chi connectivity index (χ1v) is 6.72. The number of pyridine rings is 1. The molecule has 0 amide bonds. The van der Waals surface area contributed by atoms with Crippen molar-refractivity contribution < 1.29 is 13.2 Å². The molecule has 0 radical (unpaired) electrons. The molecule has 1 fully saturated rings. The molecule has 1 heterocycles. The van der Waals surface area contributed by atoms with Crippen molar-refractivity contribution in [2.75, 3.05) is 11.9 Å². The minimum Gasteiger partial charge on any atom is -0.369 e. The van der Waals surface area contributed by atoms with Gasteiger partial charge in [-0.25, -0.2) is 4.98 Å².